The first-order valence-corrected chi connectivity index (χ1v) is 9.05. The number of carbonyl (C=O) groups is 2. The topological polar surface area (TPSA) is 64.6 Å². The summed E-state index contributed by atoms with van der Waals surface area (Å²) >= 11 is 0. The number of benzene rings is 2. The average molecular weight is 369 g/mol. The van der Waals surface area contributed by atoms with Crippen molar-refractivity contribution >= 4 is 12.1 Å². The Labute approximate surface area is 160 Å². The minimum atomic E-state index is -0.602. The van der Waals surface area contributed by atoms with Gasteiger partial charge < -0.3 is 14.8 Å². The Hall–Kier alpha value is -2.82. The molecule has 144 valence electrons. The molecule has 2 rings (SSSR count). The molecule has 0 saturated heterocycles. The van der Waals surface area contributed by atoms with Gasteiger partial charge in [-0.05, 0) is 38.3 Å². The molecule has 1 amide bonds. The molecule has 0 unspecified atom stereocenters. The molecule has 0 heterocycles. The van der Waals surface area contributed by atoms with E-state index in [9.17, 15) is 9.59 Å². The standard InChI is InChI=1S/C22H27NO4/c1-22(2,3)27-21(25)23-19(14-17-10-6-4-7-11-17)15-20(24)26-16-18-12-8-5-9-13-18/h4-13,19H,14-16H2,1-3H3,(H,23,25)/t19-/m1/s1. The zero-order valence-corrected chi connectivity index (χ0v) is 16.1. The lowest BCUT2D eigenvalue weighted by Gasteiger charge is -2.23. The minimum Gasteiger partial charge on any atom is -0.461 e. The van der Waals surface area contributed by atoms with Gasteiger partial charge in [-0.3, -0.25) is 4.79 Å². The molecule has 0 spiro atoms. The van der Waals surface area contributed by atoms with Gasteiger partial charge in [0.05, 0.1) is 6.42 Å². The first-order valence-electron chi connectivity index (χ1n) is 9.05. The van der Waals surface area contributed by atoms with E-state index in [0.717, 1.165) is 11.1 Å². The summed E-state index contributed by atoms with van der Waals surface area (Å²) in [5.74, 6) is -0.365. The second-order valence-electron chi connectivity index (χ2n) is 7.38. The molecule has 27 heavy (non-hydrogen) atoms. The van der Waals surface area contributed by atoms with Gasteiger partial charge in [-0.1, -0.05) is 60.7 Å². The van der Waals surface area contributed by atoms with Crippen molar-refractivity contribution in [2.45, 2.75) is 51.9 Å². The number of alkyl carbamates (subject to hydrolysis) is 1. The summed E-state index contributed by atoms with van der Waals surface area (Å²) in [4.78, 5) is 24.4. The highest BCUT2D eigenvalue weighted by Gasteiger charge is 2.22. The lowest BCUT2D eigenvalue weighted by atomic mass is 10.0. The number of ether oxygens (including phenoxy) is 2. The van der Waals surface area contributed by atoms with Gasteiger partial charge in [-0.15, -0.1) is 0 Å². The Bertz CT molecular complexity index is 723. The van der Waals surface area contributed by atoms with E-state index in [1.165, 1.54) is 0 Å². The SMILES string of the molecule is CC(C)(C)OC(=O)N[C@@H](CC(=O)OCc1ccccc1)Cc1ccccc1. The molecule has 2 aromatic carbocycles. The average Bonchev–Trinajstić information content (AvgIpc) is 2.60. The Morgan fingerprint density at radius 2 is 1.48 bits per heavy atom. The Morgan fingerprint density at radius 1 is 0.926 bits per heavy atom. The van der Waals surface area contributed by atoms with E-state index in [1.807, 2.05) is 60.7 Å². The summed E-state index contributed by atoms with van der Waals surface area (Å²) in [5, 5.41) is 2.79. The summed E-state index contributed by atoms with van der Waals surface area (Å²) in [5.41, 5.74) is 1.34. The van der Waals surface area contributed by atoms with Crippen molar-refractivity contribution in [3.05, 3.63) is 71.8 Å². The maximum absolute atomic E-state index is 12.3. The highest BCUT2D eigenvalue weighted by Crippen LogP contribution is 2.11. The Balaban J connectivity index is 1.95. The number of hydrogen-bond donors (Lipinski definition) is 1. The molecular weight excluding hydrogens is 342 g/mol. The third-order valence-electron chi connectivity index (χ3n) is 3.70. The van der Waals surface area contributed by atoms with Crippen molar-refractivity contribution in [1.29, 1.82) is 0 Å². The fourth-order valence-corrected chi connectivity index (χ4v) is 2.55. The van der Waals surface area contributed by atoms with Gasteiger partial charge in [0.2, 0.25) is 0 Å². The number of rotatable bonds is 7. The fourth-order valence-electron chi connectivity index (χ4n) is 2.55. The van der Waals surface area contributed by atoms with Gasteiger partial charge in [0.1, 0.15) is 12.2 Å². The van der Waals surface area contributed by atoms with E-state index in [0.29, 0.717) is 6.42 Å². The predicted octanol–water partition coefficient (Wildman–Crippen LogP) is 4.26. The molecule has 0 radical (unpaired) electrons. The van der Waals surface area contributed by atoms with Crippen molar-refractivity contribution in [2.75, 3.05) is 0 Å². The molecule has 0 aliphatic carbocycles. The fraction of sp³-hybridized carbons (Fsp3) is 0.364. The van der Waals surface area contributed by atoms with Crippen LogP contribution in [0.15, 0.2) is 60.7 Å². The van der Waals surface area contributed by atoms with Crippen molar-refractivity contribution < 1.29 is 19.1 Å². The number of carbonyl (C=O) groups excluding carboxylic acids is 2. The maximum atomic E-state index is 12.3. The number of esters is 1. The second kappa shape index (κ2) is 9.76. The van der Waals surface area contributed by atoms with Crippen LogP contribution in [0.4, 0.5) is 4.79 Å². The lowest BCUT2D eigenvalue weighted by Crippen LogP contribution is -2.41. The second-order valence-corrected chi connectivity index (χ2v) is 7.38. The molecule has 5 heteroatoms. The van der Waals surface area contributed by atoms with Crippen molar-refractivity contribution in [3.63, 3.8) is 0 Å². The summed E-state index contributed by atoms with van der Waals surface area (Å²) in [6.07, 6.45) is 0.0425. The van der Waals surface area contributed by atoms with Gasteiger partial charge in [0.25, 0.3) is 0 Å². The summed E-state index contributed by atoms with van der Waals surface area (Å²) < 4.78 is 10.7. The first kappa shape index (κ1) is 20.5. The minimum absolute atomic E-state index is 0.0704. The molecule has 0 aliphatic rings. The highest BCUT2D eigenvalue weighted by atomic mass is 16.6. The molecule has 1 N–H and O–H groups in total. The van der Waals surface area contributed by atoms with E-state index in [-0.39, 0.29) is 19.0 Å². The highest BCUT2D eigenvalue weighted by molar-refractivity contribution is 5.73. The smallest absolute Gasteiger partial charge is 0.407 e. The van der Waals surface area contributed by atoms with E-state index in [4.69, 9.17) is 9.47 Å². The van der Waals surface area contributed by atoms with Gasteiger partial charge in [0.15, 0.2) is 0 Å². The maximum Gasteiger partial charge on any atom is 0.407 e. The van der Waals surface area contributed by atoms with E-state index in [1.54, 1.807) is 20.8 Å². The molecule has 0 bridgehead atoms. The number of hydrogen-bond acceptors (Lipinski definition) is 4. The third kappa shape index (κ3) is 8.40. The normalized spacial score (nSPS) is 12.1. The zero-order chi connectivity index (χ0) is 19.7. The Kier molecular flexibility index (Phi) is 7.41. The molecule has 2 aromatic rings. The van der Waals surface area contributed by atoms with Crippen LogP contribution >= 0.6 is 0 Å². The van der Waals surface area contributed by atoms with Crippen LogP contribution in [0.1, 0.15) is 38.3 Å². The van der Waals surface area contributed by atoms with E-state index >= 15 is 0 Å². The van der Waals surface area contributed by atoms with Crippen molar-refractivity contribution in [1.82, 2.24) is 5.32 Å². The molecular formula is C22H27NO4. The van der Waals surface area contributed by atoms with Crippen LogP contribution in [0, 0.1) is 0 Å². The van der Waals surface area contributed by atoms with Crippen LogP contribution in [0.25, 0.3) is 0 Å². The lowest BCUT2D eigenvalue weighted by molar-refractivity contribution is -0.145. The first-order chi connectivity index (χ1) is 12.8. The quantitative estimate of drug-likeness (QED) is 0.741. The predicted molar refractivity (Wildman–Crippen MR) is 104 cm³/mol. The molecule has 0 saturated carbocycles. The third-order valence-corrected chi connectivity index (χ3v) is 3.70. The largest absolute Gasteiger partial charge is 0.461 e. The van der Waals surface area contributed by atoms with Gasteiger partial charge in [0, 0.05) is 6.04 Å². The summed E-state index contributed by atoms with van der Waals surface area (Å²) in [6, 6.07) is 18.8. The Morgan fingerprint density at radius 3 is 2.04 bits per heavy atom. The monoisotopic (exact) mass is 369 g/mol. The number of nitrogens with one attached hydrogen (secondary N) is 1. The van der Waals surface area contributed by atoms with Gasteiger partial charge in [-0.25, -0.2) is 4.79 Å². The van der Waals surface area contributed by atoms with Crippen LogP contribution in [0.3, 0.4) is 0 Å². The van der Waals surface area contributed by atoms with Crippen LogP contribution in [-0.4, -0.2) is 23.7 Å². The van der Waals surface area contributed by atoms with Gasteiger partial charge >= 0.3 is 12.1 Å². The number of amides is 1. The van der Waals surface area contributed by atoms with Crippen LogP contribution < -0.4 is 5.32 Å². The summed E-state index contributed by atoms with van der Waals surface area (Å²) in [7, 11) is 0. The van der Waals surface area contributed by atoms with Crippen LogP contribution in [0.2, 0.25) is 0 Å². The molecule has 0 aliphatic heterocycles. The molecule has 1 atom stereocenters. The van der Waals surface area contributed by atoms with Gasteiger partial charge in [-0.2, -0.15) is 0 Å². The van der Waals surface area contributed by atoms with E-state index in [2.05, 4.69) is 5.32 Å². The van der Waals surface area contributed by atoms with Crippen molar-refractivity contribution in [3.8, 4) is 0 Å². The van der Waals surface area contributed by atoms with E-state index < -0.39 is 17.7 Å². The summed E-state index contributed by atoms with van der Waals surface area (Å²) in [6.45, 7) is 5.61. The van der Waals surface area contributed by atoms with Crippen LogP contribution in [-0.2, 0) is 27.3 Å². The van der Waals surface area contributed by atoms with Crippen molar-refractivity contribution in [2.24, 2.45) is 0 Å². The molecule has 0 fully saturated rings. The molecule has 0 aromatic heterocycles. The zero-order valence-electron chi connectivity index (χ0n) is 16.1. The van der Waals surface area contributed by atoms with Crippen LogP contribution in [0.5, 0.6) is 0 Å². The molecule has 5 nitrogen and oxygen atoms in total.